The second-order valence-corrected chi connectivity index (χ2v) is 6.69. The summed E-state index contributed by atoms with van der Waals surface area (Å²) in [6, 6.07) is 14.9. The van der Waals surface area contributed by atoms with Crippen molar-refractivity contribution < 1.29 is 4.79 Å². The molecular weight excluding hydrogens is 282 g/mol. The zero-order chi connectivity index (χ0) is 16.2. The first-order valence-electron chi connectivity index (χ1n) is 8.58. The lowest BCUT2D eigenvalue weighted by atomic mass is 9.89. The van der Waals surface area contributed by atoms with Gasteiger partial charge in [-0.2, -0.15) is 0 Å². The molecule has 0 saturated carbocycles. The standard InChI is InChI=1S/C21H25NO/c1-15-7-9-17(10-8-15)13-21(23)22-16(2)19-12-11-18-5-3-4-6-20(18)14-19/h7-12,14,16H,3-6,13H2,1-2H3,(H,22,23). The van der Waals surface area contributed by atoms with Gasteiger partial charge in [-0.05, 0) is 61.8 Å². The van der Waals surface area contributed by atoms with Crippen molar-refractivity contribution in [1.29, 1.82) is 0 Å². The summed E-state index contributed by atoms with van der Waals surface area (Å²) in [4.78, 5) is 12.3. The Kier molecular flexibility index (Phi) is 4.80. The molecule has 1 atom stereocenters. The summed E-state index contributed by atoms with van der Waals surface area (Å²) in [5, 5.41) is 3.13. The predicted octanol–water partition coefficient (Wildman–Crippen LogP) is 4.29. The summed E-state index contributed by atoms with van der Waals surface area (Å²) in [6.07, 6.45) is 5.40. The number of carbonyl (C=O) groups is 1. The van der Waals surface area contributed by atoms with Crippen molar-refractivity contribution in [3.8, 4) is 0 Å². The third kappa shape index (κ3) is 4.01. The van der Waals surface area contributed by atoms with E-state index in [1.807, 2.05) is 12.1 Å². The van der Waals surface area contributed by atoms with Crippen LogP contribution < -0.4 is 5.32 Å². The molecule has 0 radical (unpaired) electrons. The summed E-state index contributed by atoms with van der Waals surface area (Å²) < 4.78 is 0. The highest BCUT2D eigenvalue weighted by atomic mass is 16.1. The molecule has 23 heavy (non-hydrogen) atoms. The molecule has 2 heteroatoms. The topological polar surface area (TPSA) is 29.1 Å². The van der Waals surface area contributed by atoms with Crippen LogP contribution in [0.15, 0.2) is 42.5 Å². The van der Waals surface area contributed by atoms with E-state index in [0.717, 1.165) is 5.56 Å². The van der Waals surface area contributed by atoms with Crippen LogP contribution in [0.4, 0.5) is 0 Å². The highest BCUT2D eigenvalue weighted by Gasteiger charge is 2.14. The van der Waals surface area contributed by atoms with Crippen molar-refractivity contribution in [3.63, 3.8) is 0 Å². The minimum Gasteiger partial charge on any atom is -0.349 e. The molecule has 0 saturated heterocycles. The Morgan fingerprint density at radius 3 is 2.48 bits per heavy atom. The number of hydrogen-bond acceptors (Lipinski definition) is 1. The number of carbonyl (C=O) groups excluding carboxylic acids is 1. The third-order valence-electron chi connectivity index (χ3n) is 4.74. The van der Waals surface area contributed by atoms with Crippen LogP contribution in [0.3, 0.4) is 0 Å². The highest BCUT2D eigenvalue weighted by Crippen LogP contribution is 2.24. The summed E-state index contributed by atoms with van der Waals surface area (Å²) >= 11 is 0. The Hall–Kier alpha value is -2.09. The first-order valence-corrected chi connectivity index (χ1v) is 8.58. The predicted molar refractivity (Wildman–Crippen MR) is 94.5 cm³/mol. The van der Waals surface area contributed by atoms with Gasteiger partial charge in [-0.15, -0.1) is 0 Å². The van der Waals surface area contributed by atoms with Crippen LogP contribution in [0.5, 0.6) is 0 Å². The van der Waals surface area contributed by atoms with Crippen LogP contribution in [-0.2, 0) is 24.1 Å². The molecule has 2 aromatic rings. The Morgan fingerprint density at radius 2 is 1.74 bits per heavy atom. The molecule has 0 bridgehead atoms. The SMILES string of the molecule is Cc1ccc(CC(=O)NC(C)c2ccc3c(c2)CCCC3)cc1. The van der Waals surface area contributed by atoms with Gasteiger partial charge in [0.05, 0.1) is 12.5 Å². The van der Waals surface area contributed by atoms with Crippen molar-refractivity contribution in [1.82, 2.24) is 5.32 Å². The van der Waals surface area contributed by atoms with Crippen molar-refractivity contribution in [2.75, 3.05) is 0 Å². The molecule has 3 rings (SSSR count). The number of aryl methyl sites for hydroxylation is 3. The fraction of sp³-hybridized carbons (Fsp3) is 0.381. The zero-order valence-electron chi connectivity index (χ0n) is 14.1. The van der Waals surface area contributed by atoms with Gasteiger partial charge in [0.1, 0.15) is 0 Å². The quantitative estimate of drug-likeness (QED) is 0.897. The number of fused-ring (bicyclic) bond motifs is 1. The molecule has 1 amide bonds. The van der Waals surface area contributed by atoms with Crippen LogP contribution in [0, 0.1) is 6.92 Å². The van der Waals surface area contributed by atoms with E-state index in [4.69, 9.17) is 0 Å². The van der Waals surface area contributed by atoms with Gasteiger partial charge in [-0.25, -0.2) is 0 Å². The second-order valence-electron chi connectivity index (χ2n) is 6.69. The fourth-order valence-electron chi connectivity index (χ4n) is 3.29. The minimum atomic E-state index is 0.0557. The lowest BCUT2D eigenvalue weighted by molar-refractivity contribution is -0.121. The van der Waals surface area contributed by atoms with Crippen LogP contribution in [0.25, 0.3) is 0 Å². The van der Waals surface area contributed by atoms with E-state index in [1.165, 1.54) is 47.9 Å². The summed E-state index contributed by atoms with van der Waals surface area (Å²) in [6.45, 7) is 4.12. The molecule has 1 aliphatic rings. The van der Waals surface area contributed by atoms with Crippen molar-refractivity contribution in [2.24, 2.45) is 0 Å². The van der Waals surface area contributed by atoms with Gasteiger partial charge >= 0.3 is 0 Å². The third-order valence-corrected chi connectivity index (χ3v) is 4.74. The number of hydrogen-bond donors (Lipinski definition) is 1. The van der Waals surface area contributed by atoms with Crippen molar-refractivity contribution in [2.45, 2.75) is 52.0 Å². The van der Waals surface area contributed by atoms with Gasteiger partial charge in [0.2, 0.25) is 5.91 Å². The van der Waals surface area contributed by atoms with E-state index in [0.29, 0.717) is 6.42 Å². The molecular formula is C21H25NO. The number of nitrogens with one attached hydrogen (secondary N) is 1. The Bertz CT molecular complexity index is 687. The normalized spacial score (nSPS) is 14.9. The Morgan fingerprint density at radius 1 is 1.04 bits per heavy atom. The molecule has 0 aromatic heterocycles. The lowest BCUT2D eigenvalue weighted by Gasteiger charge is -2.20. The molecule has 1 unspecified atom stereocenters. The van der Waals surface area contributed by atoms with Gasteiger partial charge in [-0.1, -0.05) is 48.0 Å². The molecule has 1 N–H and O–H groups in total. The maximum atomic E-state index is 12.3. The summed E-state index contributed by atoms with van der Waals surface area (Å²) in [5.74, 6) is 0.0825. The second kappa shape index (κ2) is 6.99. The molecule has 0 spiro atoms. The monoisotopic (exact) mass is 307 g/mol. The highest BCUT2D eigenvalue weighted by molar-refractivity contribution is 5.79. The molecule has 2 aromatic carbocycles. The van der Waals surface area contributed by atoms with Gasteiger partial charge in [0, 0.05) is 0 Å². The molecule has 0 aliphatic heterocycles. The van der Waals surface area contributed by atoms with Crippen LogP contribution in [0.2, 0.25) is 0 Å². The molecule has 120 valence electrons. The molecule has 2 nitrogen and oxygen atoms in total. The average molecular weight is 307 g/mol. The molecule has 0 heterocycles. The van der Waals surface area contributed by atoms with Gasteiger partial charge in [-0.3, -0.25) is 4.79 Å². The summed E-state index contributed by atoms with van der Waals surface area (Å²) in [7, 11) is 0. The Balaban J connectivity index is 1.63. The van der Waals surface area contributed by atoms with Crippen LogP contribution in [-0.4, -0.2) is 5.91 Å². The van der Waals surface area contributed by atoms with E-state index in [1.54, 1.807) is 0 Å². The zero-order valence-corrected chi connectivity index (χ0v) is 14.1. The van der Waals surface area contributed by atoms with Crippen molar-refractivity contribution >= 4 is 5.91 Å². The molecule has 1 aliphatic carbocycles. The first-order chi connectivity index (χ1) is 11.1. The smallest absolute Gasteiger partial charge is 0.224 e. The van der Waals surface area contributed by atoms with E-state index in [9.17, 15) is 4.79 Å². The van der Waals surface area contributed by atoms with E-state index in [-0.39, 0.29) is 11.9 Å². The van der Waals surface area contributed by atoms with Crippen LogP contribution >= 0.6 is 0 Å². The largest absolute Gasteiger partial charge is 0.349 e. The van der Waals surface area contributed by atoms with Gasteiger partial charge in [0.25, 0.3) is 0 Å². The maximum Gasteiger partial charge on any atom is 0.224 e. The maximum absolute atomic E-state index is 12.3. The van der Waals surface area contributed by atoms with E-state index in [2.05, 4.69) is 49.5 Å². The lowest BCUT2D eigenvalue weighted by Crippen LogP contribution is -2.28. The van der Waals surface area contributed by atoms with Crippen LogP contribution in [0.1, 0.15) is 53.6 Å². The summed E-state index contributed by atoms with van der Waals surface area (Å²) in [5.41, 5.74) is 6.44. The Labute approximate surface area is 138 Å². The number of rotatable bonds is 4. The number of benzene rings is 2. The first kappa shape index (κ1) is 15.8. The minimum absolute atomic E-state index is 0.0557. The average Bonchev–Trinajstić information content (AvgIpc) is 2.56. The van der Waals surface area contributed by atoms with E-state index >= 15 is 0 Å². The van der Waals surface area contributed by atoms with Crippen molar-refractivity contribution in [3.05, 3.63) is 70.3 Å². The molecule has 0 fully saturated rings. The van der Waals surface area contributed by atoms with E-state index < -0.39 is 0 Å². The van der Waals surface area contributed by atoms with Gasteiger partial charge < -0.3 is 5.32 Å². The van der Waals surface area contributed by atoms with Gasteiger partial charge in [0.15, 0.2) is 0 Å². The fourth-order valence-corrected chi connectivity index (χ4v) is 3.29. The number of amides is 1.